The van der Waals surface area contributed by atoms with Gasteiger partial charge in [0.25, 0.3) is 5.91 Å². The molecule has 20 heavy (non-hydrogen) atoms. The molecule has 0 aliphatic carbocycles. The molecule has 0 unspecified atom stereocenters. The van der Waals surface area contributed by atoms with Crippen LogP contribution in [0, 0.1) is 13.8 Å². The lowest BCUT2D eigenvalue weighted by Crippen LogP contribution is -2.10. The summed E-state index contributed by atoms with van der Waals surface area (Å²) in [5, 5.41) is 11.1. The van der Waals surface area contributed by atoms with Crippen LogP contribution in [0.3, 0.4) is 0 Å². The van der Waals surface area contributed by atoms with Gasteiger partial charge in [0.1, 0.15) is 6.26 Å². The monoisotopic (exact) mass is 292 g/mol. The number of hydrogen-bond acceptors (Lipinski definition) is 5. The summed E-state index contributed by atoms with van der Waals surface area (Å²) in [6.07, 6.45) is 3.95. The number of nitrogens with zero attached hydrogens (tertiary/aromatic N) is 1. The minimum atomic E-state index is -1.03. The number of thiophene rings is 1. The summed E-state index contributed by atoms with van der Waals surface area (Å²) >= 11 is 1.20. The van der Waals surface area contributed by atoms with Gasteiger partial charge in [-0.3, -0.25) is 10.1 Å². The number of hydrogen-bond donors (Lipinski definition) is 2. The van der Waals surface area contributed by atoms with Crippen molar-refractivity contribution in [2.45, 2.75) is 13.8 Å². The molecule has 0 aromatic carbocycles. The third kappa shape index (κ3) is 3.33. The number of carbonyl (C=O) groups is 2. The molecule has 0 bridgehead atoms. The first-order valence-electron chi connectivity index (χ1n) is 5.70. The Hall–Kier alpha value is -2.41. The van der Waals surface area contributed by atoms with Crippen molar-refractivity contribution in [1.82, 2.24) is 4.98 Å². The van der Waals surface area contributed by atoms with Gasteiger partial charge in [0.15, 0.2) is 0 Å². The Morgan fingerprint density at radius 3 is 2.80 bits per heavy atom. The van der Waals surface area contributed by atoms with Crippen molar-refractivity contribution < 1.29 is 19.1 Å². The molecule has 7 heteroatoms. The summed E-state index contributed by atoms with van der Waals surface area (Å²) < 4.78 is 5.04. The van der Waals surface area contributed by atoms with Crippen molar-refractivity contribution in [2.24, 2.45) is 0 Å². The Balaban J connectivity index is 2.15. The summed E-state index contributed by atoms with van der Waals surface area (Å²) in [5.41, 5.74) is 1.51. The second-order valence-electron chi connectivity index (χ2n) is 4.08. The molecule has 2 aromatic heterocycles. The van der Waals surface area contributed by atoms with Gasteiger partial charge in [-0.25, -0.2) is 4.79 Å². The maximum Gasteiger partial charge on any atom is 0.328 e. The number of carbonyl (C=O) groups excluding carboxylic acids is 1. The molecule has 2 rings (SSSR count). The van der Waals surface area contributed by atoms with Crippen LogP contribution in [0.5, 0.6) is 0 Å². The van der Waals surface area contributed by atoms with Crippen LogP contribution in [0.15, 0.2) is 22.8 Å². The van der Waals surface area contributed by atoms with Crippen LogP contribution in [-0.4, -0.2) is 22.0 Å². The third-order valence-electron chi connectivity index (χ3n) is 2.40. The van der Waals surface area contributed by atoms with Gasteiger partial charge in [-0.2, -0.15) is 4.98 Å². The molecule has 0 radical (unpaired) electrons. The van der Waals surface area contributed by atoms with Crippen molar-refractivity contribution in [3.05, 3.63) is 39.4 Å². The first-order chi connectivity index (χ1) is 9.45. The van der Waals surface area contributed by atoms with Crippen molar-refractivity contribution in [2.75, 3.05) is 5.32 Å². The minimum absolute atomic E-state index is 0.140. The van der Waals surface area contributed by atoms with E-state index in [0.717, 1.165) is 16.5 Å². The maximum absolute atomic E-state index is 12.0. The fourth-order valence-corrected chi connectivity index (χ4v) is 2.46. The van der Waals surface area contributed by atoms with Crippen molar-refractivity contribution in [1.29, 1.82) is 0 Å². The standard InChI is InChI=1S/C13H12N2O4S/c1-7-5-10(20-9(7)3-4-11(16)17)12(18)15-13-14-8(2)6-19-13/h3-6H,1-2H3,(H,16,17)(H,14,15,18)/b4-3+. The molecule has 2 N–H and O–H groups in total. The van der Waals surface area contributed by atoms with Gasteiger partial charge >= 0.3 is 12.0 Å². The summed E-state index contributed by atoms with van der Waals surface area (Å²) in [5.74, 6) is -1.37. The Morgan fingerprint density at radius 1 is 1.45 bits per heavy atom. The number of carboxylic acids is 1. The van der Waals surface area contributed by atoms with Crippen LogP contribution in [0.4, 0.5) is 6.01 Å². The summed E-state index contributed by atoms with van der Waals surface area (Å²) in [6, 6.07) is 1.83. The average molecular weight is 292 g/mol. The lowest BCUT2D eigenvalue weighted by molar-refractivity contribution is -0.131. The van der Waals surface area contributed by atoms with Gasteiger partial charge < -0.3 is 9.52 Å². The number of aliphatic carboxylic acids is 1. The molecule has 1 amide bonds. The van der Waals surface area contributed by atoms with Crippen molar-refractivity contribution in [3.8, 4) is 0 Å². The zero-order valence-electron chi connectivity index (χ0n) is 10.8. The van der Waals surface area contributed by atoms with E-state index in [9.17, 15) is 9.59 Å². The fourth-order valence-electron chi connectivity index (χ4n) is 1.49. The Bertz CT molecular complexity index is 684. The number of oxazole rings is 1. The average Bonchev–Trinajstić information content (AvgIpc) is 2.93. The summed E-state index contributed by atoms with van der Waals surface area (Å²) in [6.45, 7) is 3.56. The molecule has 2 aromatic rings. The van der Waals surface area contributed by atoms with Crippen LogP contribution in [0.2, 0.25) is 0 Å². The van der Waals surface area contributed by atoms with Crippen molar-refractivity contribution >= 4 is 35.3 Å². The molecular weight excluding hydrogens is 280 g/mol. The predicted molar refractivity (Wildman–Crippen MR) is 74.9 cm³/mol. The Kier molecular flexibility index (Phi) is 3.99. The number of rotatable bonds is 4. The number of aromatic nitrogens is 1. The van der Waals surface area contributed by atoms with E-state index in [4.69, 9.17) is 9.52 Å². The molecule has 0 saturated heterocycles. The van der Waals surface area contributed by atoms with Crippen LogP contribution in [0.25, 0.3) is 6.08 Å². The number of carboxylic acid groups (broad SMARTS) is 1. The SMILES string of the molecule is Cc1coc(NC(=O)c2cc(C)c(/C=C/C(=O)O)s2)n1. The zero-order valence-corrected chi connectivity index (χ0v) is 11.7. The van der Waals surface area contributed by atoms with E-state index in [1.165, 1.54) is 23.7 Å². The second kappa shape index (κ2) is 5.70. The van der Waals surface area contributed by atoms with E-state index in [2.05, 4.69) is 10.3 Å². The summed E-state index contributed by atoms with van der Waals surface area (Å²) in [4.78, 5) is 27.6. The van der Waals surface area contributed by atoms with E-state index in [0.29, 0.717) is 10.6 Å². The molecule has 0 saturated carbocycles. The minimum Gasteiger partial charge on any atom is -0.478 e. The Labute approximate surface area is 118 Å². The summed E-state index contributed by atoms with van der Waals surface area (Å²) in [7, 11) is 0. The highest BCUT2D eigenvalue weighted by molar-refractivity contribution is 7.15. The third-order valence-corrected chi connectivity index (χ3v) is 3.60. The molecule has 0 atom stereocenters. The molecule has 0 aliphatic rings. The number of nitrogens with one attached hydrogen (secondary N) is 1. The van der Waals surface area contributed by atoms with Gasteiger partial charge in [-0.05, 0) is 31.6 Å². The topological polar surface area (TPSA) is 92.4 Å². The van der Waals surface area contributed by atoms with Gasteiger partial charge in [0, 0.05) is 11.0 Å². The highest BCUT2D eigenvalue weighted by Crippen LogP contribution is 2.24. The lowest BCUT2D eigenvalue weighted by Gasteiger charge is -1.96. The maximum atomic E-state index is 12.0. The fraction of sp³-hybridized carbons (Fsp3) is 0.154. The van der Waals surface area contributed by atoms with Gasteiger partial charge in [0.05, 0.1) is 10.6 Å². The molecule has 2 heterocycles. The number of aryl methyl sites for hydroxylation is 2. The first-order valence-corrected chi connectivity index (χ1v) is 6.52. The van der Waals surface area contributed by atoms with Gasteiger partial charge in [0.2, 0.25) is 0 Å². The largest absolute Gasteiger partial charge is 0.478 e. The van der Waals surface area contributed by atoms with Crippen molar-refractivity contribution in [3.63, 3.8) is 0 Å². The zero-order chi connectivity index (χ0) is 14.7. The lowest BCUT2D eigenvalue weighted by atomic mass is 10.2. The van der Waals surface area contributed by atoms with E-state index in [-0.39, 0.29) is 11.9 Å². The number of anilines is 1. The van der Waals surface area contributed by atoms with Crippen LogP contribution in [0.1, 0.15) is 25.8 Å². The first kappa shape index (κ1) is 14.0. The van der Waals surface area contributed by atoms with Gasteiger partial charge in [-0.1, -0.05) is 0 Å². The van der Waals surface area contributed by atoms with Crippen LogP contribution in [-0.2, 0) is 4.79 Å². The molecule has 104 valence electrons. The molecule has 0 aliphatic heterocycles. The quantitative estimate of drug-likeness (QED) is 0.845. The van der Waals surface area contributed by atoms with E-state index < -0.39 is 5.97 Å². The smallest absolute Gasteiger partial charge is 0.328 e. The molecular formula is C13H12N2O4S. The second-order valence-corrected chi connectivity index (χ2v) is 5.16. The van der Waals surface area contributed by atoms with Crippen LogP contribution < -0.4 is 5.32 Å². The van der Waals surface area contributed by atoms with E-state index >= 15 is 0 Å². The highest BCUT2D eigenvalue weighted by atomic mass is 32.1. The Morgan fingerprint density at radius 2 is 2.20 bits per heavy atom. The molecule has 6 nitrogen and oxygen atoms in total. The normalized spacial score (nSPS) is 10.9. The van der Waals surface area contributed by atoms with E-state index in [1.807, 2.05) is 6.92 Å². The van der Waals surface area contributed by atoms with Crippen LogP contribution >= 0.6 is 11.3 Å². The molecule has 0 fully saturated rings. The van der Waals surface area contributed by atoms with E-state index in [1.54, 1.807) is 13.0 Å². The number of amides is 1. The highest BCUT2D eigenvalue weighted by Gasteiger charge is 2.13. The molecule has 0 spiro atoms. The van der Waals surface area contributed by atoms with Gasteiger partial charge in [-0.15, -0.1) is 11.3 Å². The predicted octanol–water partition coefficient (Wildman–Crippen LogP) is 2.70.